The van der Waals surface area contributed by atoms with Gasteiger partial charge in [0.15, 0.2) is 0 Å². The Morgan fingerprint density at radius 1 is 0.889 bits per heavy atom. The second-order valence-electron chi connectivity index (χ2n) is 8.19. The first-order valence-electron chi connectivity index (χ1n) is 11.7. The topological polar surface area (TPSA) is 80.7 Å². The Labute approximate surface area is 210 Å². The van der Waals surface area contributed by atoms with Crippen molar-refractivity contribution in [2.75, 3.05) is 13.2 Å². The van der Waals surface area contributed by atoms with E-state index >= 15 is 0 Å². The van der Waals surface area contributed by atoms with Crippen molar-refractivity contribution in [2.45, 2.75) is 13.3 Å². The number of carboxylic acids is 1. The van der Waals surface area contributed by atoms with Crippen molar-refractivity contribution in [1.29, 1.82) is 0 Å². The molecule has 0 amide bonds. The van der Waals surface area contributed by atoms with Gasteiger partial charge in [-0.3, -0.25) is 20.1 Å². The molecule has 1 aromatic heterocycles. The third-order valence-corrected chi connectivity index (χ3v) is 5.68. The molecule has 4 rings (SSSR count). The first-order chi connectivity index (χ1) is 17.6. The van der Waals surface area contributed by atoms with Crippen molar-refractivity contribution in [2.24, 2.45) is 0 Å². The maximum Gasteiger partial charge on any atom is 0.307 e. The summed E-state index contributed by atoms with van der Waals surface area (Å²) in [6.45, 7) is 2.46. The van der Waals surface area contributed by atoms with Gasteiger partial charge in [0.2, 0.25) is 0 Å². The minimum absolute atomic E-state index is 0.0344. The van der Waals surface area contributed by atoms with Gasteiger partial charge in [-0.25, -0.2) is 0 Å². The van der Waals surface area contributed by atoms with Gasteiger partial charge in [0.25, 0.3) is 0 Å². The number of aliphatic carboxylic acids is 1. The highest BCUT2D eigenvalue weighted by Gasteiger charge is 2.09. The van der Waals surface area contributed by atoms with Crippen molar-refractivity contribution in [3.05, 3.63) is 120 Å². The summed E-state index contributed by atoms with van der Waals surface area (Å²) >= 11 is 0. The van der Waals surface area contributed by atoms with Gasteiger partial charge < -0.3 is 9.84 Å². The lowest BCUT2D eigenvalue weighted by Crippen LogP contribution is -2.18. The molecule has 6 nitrogen and oxygen atoms in total. The molecule has 4 aromatic rings. The fraction of sp³-hybridized carbons (Fsp3) is 0.133. The van der Waals surface area contributed by atoms with Gasteiger partial charge in [-0.05, 0) is 64.6 Å². The van der Waals surface area contributed by atoms with Crippen LogP contribution in [0.25, 0.3) is 22.9 Å². The second kappa shape index (κ2) is 12.3. The Kier molecular flexibility index (Phi) is 8.46. The second-order valence-corrected chi connectivity index (χ2v) is 8.19. The van der Waals surface area contributed by atoms with Gasteiger partial charge in [-0.15, -0.1) is 0 Å². The summed E-state index contributed by atoms with van der Waals surface area (Å²) in [7, 11) is 0. The number of benzene rings is 3. The third-order valence-electron chi connectivity index (χ3n) is 5.68. The van der Waals surface area contributed by atoms with Gasteiger partial charge in [0.05, 0.1) is 12.1 Å². The number of carbonyl (C=O) groups is 1. The summed E-state index contributed by atoms with van der Waals surface area (Å²) < 4.78 is 5.84. The maximum absolute atomic E-state index is 11.1. The zero-order valence-corrected chi connectivity index (χ0v) is 20.1. The molecule has 0 bridgehead atoms. The van der Waals surface area contributed by atoms with Crippen molar-refractivity contribution >= 4 is 17.7 Å². The molecule has 0 unspecified atom stereocenters. The molecule has 3 aromatic carbocycles. The molecular formula is C30H28N2O4. The summed E-state index contributed by atoms with van der Waals surface area (Å²) in [4.78, 5) is 20.9. The number of nitrogens with one attached hydrogen (secondary N) is 1. The monoisotopic (exact) mass is 480 g/mol. The highest BCUT2D eigenvalue weighted by atomic mass is 16.7. The molecule has 2 N–H and O–H groups in total. The number of hydrogen-bond donors (Lipinski definition) is 2. The minimum Gasteiger partial charge on any atom is -0.491 e. The Bertz CT molecular complexity index is 1300. The summed E-state index contributed by atoms with van der Waals surface area (Å²) in [6, 6.07) is 27.8. The van der Waals surface area contributed by atoms with Crippen LogP contribution in [0, 0.1) is 6.92 Å². The number of nitrogens with zero attached hydrogens (tertiary/aromatic N) is 1. The number of carboxylic acid groups (broad SMARTS) is 1. The predicted octanol–water partition coefficient (Wildman–Crippen LogP) is 5.78. The van der Waals surface area contributed by atoms with E-state index in [2.05, 4.69) is 46.9 Å². The number of hydroxylamine groups is 1. The summed E-state index contributed by atoms with van der Waals surface area (Å²) in [5.74, 6) is -0.213. The first-order valence-corrected chi connectivity index (χ1v) is 11.7. The van der Waals surface area contributed by atoms with Gasteiger partial charge >= 0.3 is 5.97 Å². The van der Waals surface area contributed by atoms with Crippen LogP contribution in [0.4, 0.5) is 0 Å². The smallest absolute Gasteiger partial charge is 0.307 e. The fourth-order valence-electron chi connectivity index (χ4n) is 3.76. The van der Waals surface area contributed by atoms with Crippen LogP contribution >= 0.6 is 0 Å². The summed E-state index contributed by atoms with van der Waals surface area (Å²) in [5, 5.41) is 9.08. The highest BCUT2D eigenvalue weighted by molar-refractivity contribution is 5.80. The number of hydrogen-bond acceptors (Lipinski definition) is 5. The number of aromatic nitrogens is 1. The van der Waals surface area contributed by atoms with Crippen LogP contribution in [0.2, 0.25) is 0 Å². The van der Waals surface area contributed by atoms with Gasteiger partial charge in [-0.2, -0.15) is 0 Å². The van der Waals surface area contributed by atoms with Crippen LogP contribution in [-0.4, -0.2) is 29.3 Å². The van der Waals surface area contributed by atoms with Crippen molar-refractivity contribution < 1.29 is 19.5 Å². The van der Waals surface area contributed by atoms with E-state index in [1.54, 1.807) is 24.5 Å². The average molecular weight is 481 g/mol. The van der Waals surface area contributed by atoms with Crippen LogP contribution in [0.1, 0.15) is 22.3 Å². The number of pyridine rings is 1. The summed E-state index contributed by atoms with van der Waals surface area (Å²) in [6.07, 6.45) is 5.46. The van der Waals surface area contributed by atoms with Crippen molar-refractivity contribution in [3.8, 4) is 16.9 Å². The standard InChI is InChI=1S/C30H28N2O4/c1-22-27(21-30(33)34)8-5-9-29(22)35-18-19-36-32-28(20-23-14-16-31-17-15-23)26-12-10-25(11-13-26)24-6-3-2-4-7-24/h2-17,20,32H,18-19,21H2,1H3,(H,33,34). The molecule has 0 aliphatic heterocycles. The van der Waals surface area contributed by atoms with Crippen molar-refractivity contribution in [3.63, 3.8) is 0 Å². The molecule has 0 fully saturated rings. The van der Waals surface area contributed by atoms with Crippen LogP contribution in [0.5, 0.6) is 5.75 Å². The Hall–Kier alpha value is -4.42. The van der Waals surface area contributed by atoms with E-state index in [0.717, 1.165) is 39.1 Å². The van der Waals surface area contributed by atoms with E-state index in [0.29, 0.717) is 19.0 Å². The molecule has 1 heterocycles. The third kappa shape index (κ3) is 6.81. The molecule has 0 spiro atoms. The fourth-order valence-corrected chi connectivity index (χ4v) is 3.76. The van der Waals surface area contributed by atoms with Crippen molar-refractivity contribution in [1.82, 2.24) is 10.5 Å². The van der Waals surface area contributed by atoms with E-state index in [1.807, 2.05) is 49.4 Å². The molecule has 36 heavy (non-hydrogen) atoms. The Morgan fingerprint density at radius 2 is 1.61 bits per heavy atom. The average Bonchev–Trinajstić information content (AvgIpc) is 2.91. The van der Waals surface area contributed by atoms with Crippen LogP contribution in [-0.2, 0) is 16.1 Å². The molecule has 6 heteroatoms. The molecule has 0 saturated carbocycles. The van der Waals surface area contributed by atoms with Crippen LogP contribution in [0.15, 0.2) is 97.3 Å². The van der Waals surface area contributed by atoms with Gasteiger partial charge in [-0.1, -0.05) is 66.7 Å². The van der Waals surface area contributed by atoms with Crippen LogP contribution < -0.4 is 10.2 Å². The maximum atomic E-state index is 11.1. The van der Waals surface area contributed by atoms with E-state index in [4.69, 9.17) is 14.7 Å². The zero-order chi connectivity index (χ0) is 25.2. The normalized spacial score (nSPS) is 11.2. The minimum atomic E-state index is -0.868. The van der Waals surface area contributed by atoms with E-state index in [9.17, 15) is 4.79 Å². The lowest BCUT2D eigenvalue weighted by atomic mass is 10.0. The lowest BCUT2D eigenvalue weighted by Gasteiger charge is -2.14. The van der Waals surface area contributed by atoms with Gasteiger partial charge in [0, 0.05) is 12.4 Å². The number of rotatable bonds is 11. The molecular weight excluding hydrogens is 452 g/mol. The highest BCUT2D eigenvalue weighted by Crippen LogP contribution is 2.24. The lowest BCUT2D eigenvalue weighted by molar-refractivity contribution is -0.136. The summed E-state index contributed by atoms with van der Waals surface area (Å²) in [5.41, 5.74) is 9.70. The first kappa shape index (κ1) is 24.7. The molecule has 182 valence electrons. The number of ether oxygens (including phenoxy) is 1. The molecule has 0 aliphatic rings. The van der Waals surface area contributed by atoms with E-state index in [1.165, 1.54) is 0 Å². The zero-order valence-electron chi connectivity index (χ0n) is 20.1. The molecule has 0 radical (unpaired) electrons. The largest absolute Gasteiger partial charge is 0.491 e. The Morgan fingerprint density at radius 3 is 2.33 bits per heavy atom. The molecule has 0 saturated heterocycles. The predicted molar refractivity (Wildman–Crippen MR) is 141 cm³/mol. The van der Waals surface area contributed by atoms with Gasteiger partial charge in [0.1, 0.15) is 19.0 Å². The molecule has 0 atom stereocenters. The van der Waals surface area contributed by atoms with Crippen LogP contribution in [0.3, 0.4) is 0 Å². The van der Waals surface area contributed by atoms with E-state index < -0.39 is 5.97 Å². The van der Waals surface area contributed by atoms with E-state index in [-0.39, 0.29) is 6.42 Å². The molecule has 0 aliphatic carbocycles. The quantitative estimate of drug-likeness (QED) is 0.209. The SMILES string of the molecule is Cc1c(CC(=O)O)cccc1OCCONC(=Cc1ccncc1)c1ccc(-c2ccccc2)cc1. The Balaban J connectivity index is 1.41.